The topological polar surface area (TPSA) is 94.8 Å². The standard InChI is InChI=1S/C28H31NO6/c1-28(2,3)19-10-13-21(14-11-19)33-17-25(30)34-22-12-9-18-15-23(27(32)35-24(18)16-22)26(31)29-20-7-5-4-6-8-20/h9-16,20H,4-8,17H2,1-3H3,(H,29,31). The number of ether oxygens (including phenoxy) is 2. The quantitative estimate of drug-likeness (QED) is 0.300. The Kier molecular flexibility index (Phi) is 7.24. The van der Waals surface area contributed by atoms with Crippen LogP contribution < -0.4 is 20.4 Å². The van der Waals surface area contributed by atoms with E-state index in [9.17, 15) is 14.4 Å². The Balaban J connectivity index is 1.38. The van der Waals surface area contributed by atoms with Crippen molar-refractivity contribution in [1.29, 1.82) is 0 Å². The molecule has 1 aliphatic rings. The molecular formula is C28H31NO6. The van der Waals surface area contributed by atoms with Gasteiger partial charge in [-0.25, -0.2) is 9.59 Å². The van der Waals surface area contributed by atoms with Gasteiger partial charge in [0.05, 0.1) is 0 Å². The normalized spacial score (nSPS) is 14.5. The van der Waals surface area contributed by atoms with Crippen molar-refractivity contribution < 1.29 is 23.5 Å². The molecule has 0 saturated heterocycles. The minimum Gasteiger partial charge on any atom is -0.482 e. The molecular weight excluding hydrogens is 446 g/mol. The Bertz CT molecular complexity index is 1260. The van der Waals surface area contributed by atoms with Crippen LogP contribution in [0.25, 0.3) is 11.0 Å². The molecule has 184 valence electrons. The Morgan fingerprint density at radius 3 is 2.34 bits per heavy atom. The van der Waals surface area contributed by atoms with Crippen LogP contribution in [0.15, 0.2) is 57.7 Å². The lowest BCUT2D eigenvalue weighted by Crippen LogP contribution is -2.38. The van der Waals surface area contributed by atoms with E-state index < -0.39 is 17.5 Å². The van der Waals surface area contributed by atoms with E-state index in [1.54, 1.807) is 12.1 Å². The molecule has 0 spiro atoms. The summed E-state index contributed by atoms with van der Waals surface area (Å²) in [4.78, 5) is 37.3. The highest BCUT2D eigenvalue weighted by Gasteiger charge is 2.20. The highest BCUT2D eigenvalue weighted by atomic mass is 16.6. The highest BCUT2D eigenvalue weighted by Crippen LogP contribution is 2.25. The lowest BCUT2D eigenvalue weighted by Gasteiger charge is -2.22. The van der Waals surface area contributed by atoms with Gasteiger partial charge in [-0.3, -0.25) is 4.79 Å². The van der Waals surface area contributed by atoms with Crippen LogP contribution in [0.2, 0.25) is 0 Å². The van der Waals surface area contributed by atoms with E-state index in [0.29, 0.717) is 11.1 Å². The van der Waals surface area contributed by atoms with Crippen LogP contribution in [0.1, 0.15) is 68.8 Å². The van der Waals surface area contributed by atoms with Gasteiger partial charge in [-0.05, 0) is 54.2 Å². The molecule has 2 aromatic carbocycles. The van der Waals surface area contributed by atoms with Crippen LogP contribution in [-0.4, -0.2) is 24.5 Å². The van der Waals surface area contributed by atoms with E-state index >= 15 is 0 Å². The van der Waals surface area contributed by atoms with Gasteiger partial charge in [0, 0.05) is 17.5 Å². The van der Waals surface area contributed by atoms with E-state index in [0.717, 1.165) is 25.7 Å². The van der Waals surface area contributed by atoms with Crippen molar-refractivity contribution in [2.24, 2.45) is 0 Å². The average molecular weight is 478 g/mol. The number of fused-ring (bicyclic) bond motifs is 1. The zero-order valence-electron chi connectivity index (χ0n) is 20.4. The van der Waals surface area contributed by atoms with E-state index in [1.165, 1.54) is 24.1 Å². The maximum Gasteiger partial charge on any atom is 0.349 e. The van der Waals surface area contributed by atoms with Crippen molar-refractivity contribution in [3.05, 3.63) is 70.1 Å². The molecule has 1 amide bonds. The van der Waals surface area contributed by atoms with Crippen molar-refractivity contribution in [1.82, 2.24) is 5.32 Å². The molecule has 1 fully saturated rings. The van der Waals surface area contributed by atoms with Gasteiger partial charge in [0.2, 0.25) is 0 Å². The average Bonchev–Trinajstić information content (AvgIpc) is 2.82. The summed E-state index contributed by atoms with van der Waals surface area (Å²) in [6.07, 6.45) is 5.17. The molecule has 0 aliphatic heterocycles. The first-order chi connectivity index (χ1) is 16.7. The van der Waals surface area contributed by atoms with Crippen molar-refractivity contribution >= 4 is 22.8 Å². The maximum atomic E-state index is 12.6. The molecule has 1 aromatic heterocycles. The number of amides is 1. The van der Waals surface area contributed by atoms with Crippen LogP contribution in [0.3, 0.4) is 0 Å². The third kappa shape index (κ3) is 6.29. The zero-order chi connectivity index (χ0) is 25.0. The fraction of sp³-hybridized carbons (Fsp3) is 0.393. The van der Waals surface area contributed by atoms with Crippen LogP contribution in [-0.2, 0) is 10.2 Å². The molecule has 1 N–H and O–H groups in total. The number of nitrogens with one attached hydrogen (secondary N) is 1. The first-order valence-corrected chi connectivity index (χ1v) is 12.0. The van der Waals surface area contributed by atoms with Gasteiger partial charge in [0.25, 0.3) is 5.91 Å². The molecule has 0 radical (unpaired) electrons. The van der Waals surface area contributed by atoms with Crippen molar-refractivity contribution in [3.8, 4) is 11.5 Å². The van der Waals surface area contributed by atoms with Crippen LogP contribution >= 0.6 is 0 Å². The number of benzene rings is 2. The van der Waals surface area contributed by atoms with Gasteiger partial charge < -0.3 is 19.2 Å². The fourth-order valence-corrected chi connectivity index (χ4v) is 4.18. The van der Waals surface area contributed by atoms with Gasteiger partial charge in [0.1, 0.15) is 22.6 Å². The summed E-state index contributed by atoms with van der Waals surface area (Å²) < 4.78 is 16.2. The molecule has 0 unspecified atom stereocenters. The summed E-state index contributed by atoms with van der Waals surface area (Å²) in [5, 5.41) is 3.50. The maximum absolute atomic E-state index is 12.6. The molecule has 7 heteroatoms. The molecule has 1 saturated carbocycles. The molecule has 7 nitrogen and oxygen atoms in total. The van der Waals surface area contributed by atoms with E-state index in [4.69, 9.17) is 13.9 Å². The third-order valence-corrected chi connectivity index (χ3v) is 6.20. The molecule has 0 bridgehead atoms. The Labute approximate surface area is 204 Å². The number of carbonyl (C=O) groups is 2. The number of hydrogen-bond donors (Lipinski definition) is 1. The van der Waals surface area contributed by atoms with Gasteiger partial charge in [-0.2, -0.15) is 0 Å². The Morgan fingerprint density at radius 1 is 0.971 bits per heavy atom. The number of rotatable bonds is 6. The first-order valence-electron chi connectivity index (χ1n) is 12.0. The molecule has 4 rings (SSSR count). The van der Waals surface area contributed by atoms with E-state index in [2.05, 4.69) is 26.1 Å². The Morgan fingerprint density at radius 2 is 1.66 bits per heavy atom. The van der Waals surface area contributed by atoms with Crippen molar-refractivity contribution in [2.75, 3.05) is 6.61 Å². The second-order valence-electron chi connectivity index (χ2n) is 9.99. The number of esters is 1. The number of hydrogen-bond acceptors (Lipinski definition) is 6. The predicted molar refractivity (Wildman–Crippen MR) is 133 cm³/mol. The number of carbonyl (C=O) groups excluding carboxylic acids is 2. The van der Waals surface area contributed by atoms with Crippen molar-refractivity contribution in [3.63, 3.8) is 0 Å². The molecule has 1 heterocycles. The van der Waals surface area contributed by atoms with E-state index in [-0.39, 0.29) is 35.0 Å². The summed E-state index contributed by atoms with van der Waals surface area (Å²) in [6, 6.07) is 13.9. The monoisotopic (exact) mass is 477 g/mol. The molecule has 3 aromatic rings. The van der Waals surface area contributed by atoms with Gasteiger partial charge in [-0.1, -0.05) is 52.2 Å². The third-order valence-electron chi connectivity index (χ3n) is 6.20. The van der Waals surface area contributed by atoms with Crippen LogP contribution in [0.4, 0.5) is 0 Å². The minimum atomic E-state index is -0.726. The van der Waals surface area contributed by atoms with E-state index in [1.807, 2.05) is 24.3 Å². The van der Waals surface area contributed by atoms with Crippen LogP contribution in [0, 0.1) is 0 Å². The lowest BCUT2D eigenvalue weighted by atomic mass is 9.87. The highest BCUT2D eigenvalue weighted by molar-refractivity contribution is 5.97. The first kappa shape index (κ1) is 24.5. The summed E-state index contributed by atoms with van der Waals surface area (Å²) in [5.41, 5.74) is 0.672. The summed E-state index contributed by atoms with van der Waals surface area (Å²) in [7, 11) is 0. The van der Waals surface area contributed by atoms with Gasteiger partial charge in [-0.15, -0.1) is 0 Å². The second-order valence-corrected chi connectivity index (χ2v) is 9.99. The smallest absolute Gasteiger partial charge is 0.349 e. The van der Waals surface area contributed by atoms with Crippen molar-refractivity contribution in [2.45, 2.75) is 64.3 Å². The lowest BCUT2D eigenvalue weighted by molar-refractivity contribution is -0.136. The largest absolute Gasteiger partial charge is 0.482 e. The molecule has 0 atom stereocenters. The summed E-state index contributed by atoms with van der Waals surface area (Å²) >= 11 is 0. The van der Waals surface area contributed by atoms with Gasteiger partial charge >= 0.3 is 11.6 Å². The molecule has 1 aliphatic carbocycles. The second kappa shape index (κ2) is 10.3. The zero-order valence-corrected chi connectivity index (χ0v) is 20.4. The predicted octanol–water partition coefficient (Wildman–Crippen LogP) is 5.14. The fourth-order valence-electron chi connectivity index (χ4n) is 4.18. The molecule has 35 heavy (non-hydrogen) atoms. The Hall–Kier alpha value is -3.61. The summed E-state index contributed by atoms with van der Waals surface area (Å²) in [6.45, 7) is 6.11. The summed E-state index contributed by atoms with van der Waals surface area (Å²) in [5.74, 6) is -0.221. The minimum absolute atomic E-state index is 0.0290. The SMILES string of the molecule is CC(C)(C)c1ccc(OCC(=O)Oc2ccc3cc(C(=O)NC4CCCCC4)c(=O)oc3c2)cc1. The van der Waals surface area contributed by atoms with Crippen LogP contribution in [0.5, 0.6) is 11.5 Å². The van der Waals surface area contributed by atoms with Gasteiger partial charge in [0.15, 0.2) is 6.61 Å².